The number of aromatic nitrogens is 1. The molecule has 0 fully saturated rings. The van der Waals surface area contributed by atoms with Crippen LogP contribution in [0.15, 0.2) is 29.6 Å². The highest BCUT2D eigenvalue weighted by atomic mass is 32.1. The van der Waals surface area contributed by atoms with Gasteiger partial charge in [-0.05, 0) is 55.7 Å². The lowest BCUT2D eigenvalue weighted by atomic mass is 9.95. The van der Waals surface area contributed by atoms with Crippen LogP contribution in [0, 0.1) is 11.8 Å². The number of nitrogens with two attached hydrogens (primary N) is 1. The van der Waals surface area contributed by atoms with E-state index >= 15 is 0 Å². The summed E-state index contributed by atoms with van der Waals surface area (Å²) >= 11 is 1.38. The summed E-state index contributed by atoms with van der Waals surface area (Å²) in [6.45, 7) is 17.2. The van der Waals surface area contributed by atoms with E-state index in [1.807, 2.05) is 4.90 Å². The minimum Gasteiger partial charge on any atom is -0.508 e. The summed E-state index contributed by atoms with van der Waals surface area (Å²) in [5.74, 6) is -0.575. The maximum absolute atomic E-state index is 13.8. The number of carbonyl (C=O) groups excluding carboxylic acids is 3. The van der Waals surface area contributed by atoms with Gasteiger partial charge in [-0.25, -0.2) is 10.4 Å². The summed E-state index contributed by atoms with van der Waals surface area (Å²) < 4.78 is 28.0. The van der Waals surface area contributed by atoms with Crippen molar-refractivity contribution in [3.63, 3.8) is 0 Å². The first-order valence-electron chi connectivity index (χ1n) is 21.0. The molecule has 1 heterocycles. The summed E-state index contributed by atoms with van der Waals surface area (Å²) in [7, 11) is 0. The van der Waals surface area contributed by atoms with Gasteiger partial charge < -0.3 is 44.7 Å². The van der Waals surface area contributed by atoms with Gasteiger partial charge >= 0.3 is 0 Å². The van der Waals surface area contributed by atoms with E-state index in [4.69, 9.17) is 34.4 Å². The Kier molecular flexibility index (Phi) is 27.0. The van der Waals surface area contributed by atoms with Gasteiger partial charge in [-0.1, -0.05) is 60.1 Å². The molecule has 0 saturated carbocycles. The normalized spacial score (nSPS) is 13.6. The molecular formula is C42H72N6O9S. The number of phenols is 1. The molecule has 4 atom stereocenters. The number of benzene rings is 1. The topological polar surface area (TPSA) is 196 Å². The van der Waals surface area contributed by atoms with E-state index in [0.717, 1.165) is 31.2 Å². The van der Waals surface area contributed by atoms with Crippen molar-refractivity contribution < 1.29 is 43.2 Å². The Bertz CT molecular complexity index is 1400. The molecule has 0 aliphatic rings. The zero-order valence-corrected chi connectivity index (χ0v) is 36.6. The van der Waals surface area contributed by atoms with E-state index in [-0.39, 0.29) is 54.0 Å². The van der Waals surface area contributed by atoms with E-state index in [0.29, 0.717) is 96.6 Å². The number of nitrogens with zero attached hydrogens (tertiary/aromatic N) is 2. The van der Waals surface area contributed by atoms with Crippen LogP contribution in [0.1, 0.15) is 114 Å². The van der Waals surface area contributed by atoms with Crippen LogP contribution >= 0.6 is 11.3 Å². The van der Waals surface area contributed by atoms with Crippen molar-refractivity contribution in [1.82, 2.24) is 26.1 Å². The van der Waals surface area contributed by atoms with Crippen LogP contribution in [0.3, 0.4) is 0 Å². The van der Waals surface area contributed by atoms with Crippen molar-refractivity contribution in [2.75, 3.05) is 72.7 Å². The number of hydrogen-bond donors (Lipinski definition) is 5. The van der Waals surface area contributed by atoms with Crippen LogP contribution in [0.25, 0.3) is 0 Å². The second-order valence-corrected chi connectivity index (χ2v) is 15.6. The van der Waals surface area contributed by atoms with E-state index in [1.54, 1.807) is 36.6 Å². The van der Waals surface area contributed by atoms with E-state index in [1.165, 1.54) is 11.3 Å². The fourth-order valence-electron chi connectivity index (χ4n) is 6.22. The fourth-order valence-corrected chi connectivity index (χ4v) is 7.08. The third kappa shape index (κ3) is 20.7. The predicted molar refractivity (Wildman–Crippen MR) is 226 cm³/mol. The lowest BCUT2D eigenvalue weighted by Crippen LogP contribution is -2.45. The van der Waals surface area contributed by atoms with Crippen LogP contribution in [0.4, 0.5) is 0 Å². The lowest BCUT2D eigenvalue weighted by molar-refractivity contribution is -0.135. The van der Waals surface area contributed by atoms with Crippen molar-refractivity contribution >= 4 is 29.1 Å². The van der Waals surface area contributed by atoms with Gasteiger partial charge in [0.25, 0.3) is 5.91 Å². The molecule has 0 saturated heterocycles. The molecule has 6 N–H and O–H groups in total. The fraction of sp³-hybridized carbons (Fsp3) is 0.714. The maximum Gasteiger partial charge on any atom is 0.270 e. The predicted octanol–water partition coefficient (Wildman–Crippen LogP) is 5.13. The number of amides is 3. The second kappa shape index (κ2) is 30.8. The molecule has 0 radical (unpaired) electrons. The first-order chi connectivity index (χ1) is 28.0. The molecule has 1 aromatic heterocycles. The Balaban J connectivity index is 2.02. The molecule has 0 bridgehead atoms. The van der Waals surface area contributed by atoms with E-state index in [9.17, 15) is 19.5 Å². The average Bonchev–Trinajstić information content (AvgIpc) is 3.71. The van der Waals surface area contributed by atoms with Gasteiger partial charge in [0.15, 0.2) is 0 Å². The molecule has 3 amide bonds. The third-order valence-corrected chi connectivity index (χ3v) is 10.2. The Labute approximate surface area is 350 Å². The van der Waals surface area contributed by atoms with E-state index < -0.39 is 12.0 Å². The van der Waals surface area contributed by atoms with Gasteiger partial charge in [-0.3, -0.25) is 19.8 Å². The monoisotopic (exact) mass is 837 g/mol. The van der Waals surface area contributed by atoms with Crippen LogP contribution in [0.5, 0.6) is 5.75 Å². The number of carbonyl (C=O) groups is 3. The number of phenolic OH excluding ortho intramolecular Hbond substituents is 1. The summed E-state index contributed by atoms with van der Waals surface area (Å²) in [5.41, 5.74) is 12.0. The molecule has 0 aliphatic carbocycles. The Hall–Kier alpha value is -3.22. The smallest absolute Gasteiger partial charge is 0.270 e. The third-order valence-electron chi connectivity index (χ3n) is 9.31. The highest BCUT2D eigenvalue weighted by Crippen LogP contribution is 2.31. The Morgan fingerprint density at radius 3 is 2.12 bits per heavy atom. The van der Waals surface area contributed by atoms with E-state index in [2.05, 4.69) is 50.8 Å². The molecule has 330 valence electrons. The number of ether oxygens (including phenoxy) is 5. The number of nitrogens with one attached hydrogen (secondary N) is 3. The number of aromatic hydroxyl groups is 1. The molecule has 1 aromatic carbocycles. The van der Waals surface area contributed by atoms with Gasteiger partial charge in [0, 0.05) is 55.9 Å². The SMILES string of the molecule is CCCCC(=O)N(CCC)C(CC(OCCC)c1nc(C(=O)NC(Cc2ccc(O)cc2)C[C@H](C)C(=O)NNCOCCOCCOCCOCCN)cs1)C(C)C. The van der Waals surface area contributed by atoms with Crippen LogP contribution in [-0.2, 0) is 39.7 Å². The van der Waals surface area contributed by atoms with Crippen molar-refractivity contribution in [2.24, 2.45) is 17.6 Å². The van der Waals surface area contributed by atoms with Crippen molar-refractivity contribution in [3.05, 3.63) is 45.9 Å². The average molecular weight is 837 g/mol. The molecule has 0 spiro atoms. The number of hydrazine groups is 1. The minimum absolute atomic E-state index is 0.0430. The summed E-state index contributed by atoms with van der Waals surface area (Å²) in [4.78, 5) is 47.0. The molecule has 16 heteroatoms. The minimum atomic E-state index is -0.476. The zero-order valence-electron chi connectivity index (χ0n) is 35.8. The Morgan fingerprint density at radius 1 is 0.862 bits per heavy atom. The number of unbranched alkanes of at least 4 members (excludes halogenated alkanes) is 1. The first-order valence-corrected chi connectivity index (χ1v) is 21.9. The molecule has 2 rings (SSSR count). The summed E-state index contributed by atoms with van der Waals surface area (Å²) in [5, 5.41) is 15.4. The molecule has 0 aliphatic heterocycles. The van der Waals surface area contributed by atoms with Gasteiger partial charge in [-0.2, -0.15) is 0 Å². The summed E-state index contributed by atoms with van der Waals surface area (Å²) in [6.07, 6.45) is 5.00. The summed E-state index contributed by atoms with van der Waals surface area (Å²) in [6, 6.07) is 6.32. The zero-order chi connectivity index (χ0) is 42.5. The molecule has 58 heavy (non-hydrogen) atoms. The quantitative estimate of drug-likeness (QED) is 0.0355. The standard InChI is InChI=1S/C42H72N6O9S/c1-7-10-11-39(50)48(17-8-2)37(31(4)5)28-38(57-18-9-3)42-46-36(29-58-42)41(52)45-34(27-33-12-14-35(49)15-13-33)26-32(6)40(51)47-44-30-56-25-24-55-23-22-54-21-20-53-19-16-43/h12-15,29,31-32,34,37-38,44,49H,7-11,16-28,30,43H2,1-6H3,(H,45,52)(H,47,51)/t32-,34?,37?,38?/m0/s1. The van der Waals surface area contributed by atoms with Crippen molar-refractivity contribution in [1.29, 1.82) is 0 Å². The Morgan fingerprint density at radius 2 is 1.52 bits per heavy atom. The maximum atomic E-state index is 13.8. The van der Waals surface area contributed by atoms with Crippen LogP contribution in [-0.4, -0.2) is 117 Å². The number of rotatable bonds is 34. The van der Waals surface area contributed by atoms with Crippen molar-refractivity contribution in [3.8, 4) is 5.75 Å². The van der Waals surface area contributed by atoms with Crippen LogP contribution in [0.2, 0.25) is 0 Å². The van der Waals surface area contributed by atoms with Crippen molar-refractivity contribution in [2.45, 2.75) is 111 Å². The highest BCUT2D eigenvalue weighted by Gasteiger charge is 2.31. The van der Waals surface area contributed by atoms with Crippen LogP contribution < -0.4 is 21.9 Å². The van der Waals surface area contributed by atoms with Gasteiger partial charge in [-0.15, -0.1) is 11.3 Å². The first kappa shape index (κ1) is 50.9. The van der Waals surface area contributed by atoms with Gasteiger partial charge in [0.05, 0.1) is 46.2 Å². The molecule has 3 unspecified atom stereocenters. The molecule has 2 aromatic rings. The number of thiazole rings is 1. The largest absolute Gasteiger partial charge is 0.508 e. The highest BCUT2D eigenvalue weighted by molar-refractivity contribution is 7.09. The molecule has 15 nitrogen and oxygen atoms in total. The number of hydrogen-bond acceptors (Lipinski definition) is 13. The van der Waals surface area contributed by atoms with Gasteiger partial charge in [0.1, 0.15) is 29.3 Å². The lowest BCUT2D eigenvalue weighted by Gasteiger charge is -2.36. The second-order valence-electron chi connectivity index (χ2n) is 14.7. The van der Waals surface area contributed by atoms with Gasteiger partial charge in [0.2, 0.25) is 11.8 Å². The molecular weight excluding hydrogens is 765 g/mol.